The first-order valence-corrected chi connectivity index (χ1v) is 7.83. The Morgan fingerprint density at radius 3 is 2.00 bits per heavy atom. The van der Waals surface area contributed by atoms with Crippen molar-refractivity contribution in [1.29, 1.82) is 0 Å². The van der Waals surface area contributed by atoms with Crippen molar-refractivity contribution in [2.45, 2.75) is 26.3 Å². The molecule has 76 valence electrons. The molecule has 0 aliphatic rings. The first-order valence-electron chi connectivity index (χ1n) is 4.62. The van der Waals surface area contributed by atoms with Gasteiger partial charge in [0.15, 0.2) is 0 Å². The summed E-state index contributed by atoms with van der Waals surface area (Å²) in [6, 6.07) is 0. The molecule has 0 spiro atoms. The van der Waals surface area contributed by atoms with E-state index in [4.69, 9.17) is 9.47 Å². The average molecular weight is 194 g/mol. The molecule has 0 amide bonds. The van der Waals surface area contributed by atoms with Gasteiger partial charge < -0.3 is 0 Å². The van der Waals surface area contributed by atoms with E-state index in [-0.39, 0.29) is 5.53 Å². The fraction of sp³-hybridized carbons (Fsp3) is 1.00. The maximum atomic E-state index is 5.67. The van der Waals surface area contributed by atoms with E-state index in [9.17, 15) is 0 Å². The Hall–Kier alpha value is 0.350. The molecular weight excluding hydrogens is 171 g/mol. The molecule has 0 bridgehead atoms. The maximum absolute atomic E-state index is 5.67. The van der Waals surface area contributed by atoms with Crippen LogP contribution in [0.1, 0.15) is 20.8 Å². The van der Waals surface area contributed by atoms with Gasteiger partial charge in [0.2, 0.25) is 0 Å². The molecule has 0 aromatic heterocycles. The minimum absolute atomic E-state index is 0.323. The molecule has 0 N–H and O–H groups in total. The third kappa shape index (κ3) is 2.42. The van der Waals surface area contributed by atoms with Gasteiger partial charge >= 0.3 is 76.2 Å². The Kier molecular flexibility index (Phi) is 4.68. The zero-order valence-electron chi connectivity index (χ0n) is 9.23. The predicted octanol–water partition coefficient (Wildman–Crippen LogP) is 2.37. The van der Waals surface area contributed by atoms with E-state index in [0.717, 1.165) is 6.61 Å². The van der Waals surface area contributed by atoms with Gasteiger partial charge in [-0.3, -0.25) is 0 Å². The van der Waals surface area contributed by atoms with Gasteiger partial charge in [-0.15, -0.1) is 0 Å². The number of hydrogen-bond acceptors (Lipinski definition) is 2. The normalized spacial score (nSPS) is 18.8. The van der Waals surface area contributed by atoms with Gasteiger partial charge in [-0.25, -0.2) is 0 Å². The van der Waals surface area contributed by atoms with Crippen LogP contribution in [0.5, 0.6) is 0 Å². The average Bonchev–Trinajstić information content (AvgIpc) is 2.04. The summed E-state index contributed by atoms with van der Waals surface area (Å²) in [6.45, 7) is 11.6. The number of ether oxygens (including phenoxy) is 2. The van der Waals surface area contributed by atoms with Crippen molar-refractivity contribution < 1.29 is 9.47 Å². The van der Waals surface area contributed by atoms with E-state index in [1.54, 1.807) is 7.11 Å². The molecule has 1 unspecified atom stereocenters. The Morgan fingerprint density at radius 1 is 1.25 bits per heavy atom. The van der Waals surface area contributed by atoms with Gasteiger partial charge in [0.25, 0.3) is 0 Å². The van der Waals surface area contributed by atoms with Gasteiger partial charge in [0.1, 0.15) is 0 Å². The van der Waals surface area contributed by atoms with Crippen LogP contribution < -0.4 is 0 Å². The van der Waals surface area contributed by atoms with Crippen LogP contribution in [-0.4, -0.2) is 38.7 Å². The van der Waals surface area contributed by atoms with Crippen molar-refractivity contribution in [3.8, 4) is 0 Å². The van der Waals surface area contributed by atoms with Gasteiger partial charge in [0.05, 0.1) is 0 Å². The van der Waals surface area contributed by atoms with Crippen molar-refractivity contribution in [3.05, 3.63) is 0 Å². The molecule has 0 aliphatic carbocycles. The van der Waals surface area contributed by atoms with Gasteiger partial charge in [-0.05, 0) is 0 Å². The van der Waals surface area contributed by atoms with Crippen LogP contribution in [0.25, 0.3) is 0 Å². The fourth-order valence-electron chi connectivity index (χ4n) is 1.13. The first kappa shape index (κ1) is 12.3. The molecule has 12 heavy (non-hydrogen) atoms. The SMILES string of the molecule is CCOC(C)(OC)[PH](C)(C)CC. The minimum atomic E-state index is -1.40. The summed E-state index contributed by atoms with van der Waals surface area (Å²) in [5.74, 6) is 0. The van der Waals surface area contributed by atoms with Crippen LogP contribution >= 0.6 is 7.26 Å². The zero-order valence-corrected chi connectivity index (χ0v) is 10.2. The second kappa shape index (κ2) is 4.55. The van der Waals surface area contributed by atoms with Crippen molar-refractivity contribution in [2.24, 2.45) is 0 Å². The Labute approximate surface area is 77.0 Å². The van der Waals surface area contributed by atoms with Crippen molar-refractivity contribution in [1.82, 2.24) is 0 Å². The van der Waals surface area contributed by atoms with Crippen molar-refractivity contribution in [2.75, 3.05) is 33.2 Å². The van der Waals surface area contributed by atoms with Crippen molar-refractivity contribution in [3.63, 3.8) is 0 Å². The van der Waals surface area contributed by atoms with E-state index in [1.807, 2.05) is 6.92 Å². The summed E-state index contributed by atoms with van der Waals surface area (Å²) >= 11 is 0. The van der Waals surface area contributed by atoms with Crippen LogP contribution in [0.15, 0.2) is 0 Å². The molecule has 2 nitrogen and oxygen atoms in total. The topological polar surface area (TPSA) is 18.5 Å². The van der Waals surface area contributed by atoms with E-state index >= 15 is 0 Å². The Bertz CT molecular complexity index is 136. The van der Waals surface area contributed by atoms with E-state index in [1.165, 1.54) is 6.16 Å². The number of hydrogen-bond donors (Lipinski definition) is 0. The number of rotatable bonds is 5. The fourth-order valence-corrected chi connectivity index (χ4v) is 2.86. The molecule has 3 heteroatoms. The Balaban J connectivity index is 4.49. The van der Waals surface area contributed by atoms with E-state index in [0.29, 0.717) is 0 Å². The summed E-state index contributed by atoms with van der Waals surface area (Å²) in [5.41, 5.74) is -0.323. The van der Waals surface area contributed by atoms with Crippen LogP contribution in [-0.2, 0) is 9.47 Å². The predicted molar refractivity (Wildman–Crippen MR) is 57.7 cm³/mol. The van der Waals surface area contributed by atoms with Gasteiger partial charge in [-0.1, -0.05) is 0 Å². The van der Waals surface area contributed by atoms with Gasteiger partial charge in [-0.2, -0.15) is 0 Å². The van der Waals surface area contributed by atoms with Gasteiger partial charge in [0, 0.05) is 0 Å². The molecule has 0 saturated carbocycles. The number of methoxy groups -OCH3 is 1. The molecule has 1 atom stereocenters. The summed E-state index contributed by atoms with van der Waals surface area (Å²) in [6.07, 6.45) is 1.18. The second-order valence-corrected chi connectivity index (χ2v) is 9.20. The quantitative estimate of drug-likeness (QED) is 0.494. The van der Waals surface area contributed by atoms with Crippen molar-refractivity contribution >= 4 is 7.26 Å². The molecule has 0 aromatic carbocycles. The molecular formula is C9H23O2P. The zero-order chi connectivity index (χ0) is 9.83. The molecule has 0 aliphatic heterocycles. The Morgan fingerprint density at radius 2 is 1.75 bits per heavy atom. The second-order valence-electron chi connectivity index (χ2n) is 3.82. The van der Waals surface area contributed by atoms with E-state index < -0.39 is 7.26 Å². The summed E-state index contributed by atoms with van der Waals surface area (Å²) in [7, 11) is 0.340. The molecule has 0 aromatic rings. The standard InChI is InChI=1S/C9H23O2P/c1-7-11-9(3,10-4)12(5,6)8-2/h12H,7-8H2,1-6H3. The summed E-state index contributed by atoms with van der Waals surface area (Å²) < 4.78 is 11.1. The molecule has 0 radical (unpaired) electrons. The monoisotopic (exact) mass is 194 g/mol. The molecule has 0 rings (SSSR count). The van der Waals surface area contributed by atoms with Crippen LogP contribution in [0.4, 0.5) is 0 Å². The molecule has 0 heterocycles. The summed E-state index contributed by atoms with van der Waals surface area (Å²) in [4.78, 5) is 0. The van der Waals surface area contributed by atoms with Crippen LogP contribution in [0.3, 0.4) is 0 Å². The molecule has 0 saturated heterocycles. The first-order chi connectivity index (χ1) is 5.43. The molecule has 0 fully saturated rings. The summed E-state index contributed by atoms with van der Waals surface area (Å²) in [5, 5.41) is 0. The van der Waals surface area contributed by atoms with E-state index in [2.05, 4.69) is 27.2 Å². The van der Waals surface area contributed by atoms with Crippen LogP contribution in [0.2, 0.25) is 0 Å². The third-order valence-corrected chi connectivity index (χ3v) is 7.50. The third-order valence-electron chi connectivity index (χ3n) is 2.92. The van der Waals surface area contributed by atoms with Crippen LogP contribution in [0, 0.1) is 0 Å².